The van der Waals surface area contributed by atoms with Crippen molar-refractivity contribution >= 4 is 16.6 Å². The number of nitrogens with zero attached hydrogens (tertiary/aromatic N) is 3. The summed E-state index contributed by atoms with van der Waals surface area (Å²) in [7, 11) is 0. The van der Waals surface area contributed by atoms with Gasteiger partial charge in [-0.2, -0.15) is 0 Å². The molecular formula is C21H23N3O. The fourth-order valence-electron chi connectivity index (χ4n) is 3.46. The van der Waals surface area contributed by atoms with Crippen LogP contribution in [-0.2, 0) is 4.74 Å². The van der Waals surface area contributed by atoms with E-state index in [1.165, 1.54) is 23.1 Å². The fraction of sp³-hybridized carbons (Fsp3) is 0.333. The Kier molecular flexibility index (Phi) is 4.61. The Morgan fingerprint density at radius 1 is 1.16 bits per heavy atom. The van der Waals surface area contributed by atoms with E-state index in [9.17, 15) is 0 Å². The van der Waals surface area contributed by atoms with Gasteiger partial charge in [0.15, 0.2) is 6.23 Å². The molecule has 2 heterocycles. The minimum Gasteiger partial charge on any atom is -0.356 e. The predicted octanol–water partition coefficient (Wildman–Crippen LogP) is 4.97. The summed E-state index contributed by atoms with van der Waals surface area (Å²) in [4.78, 5) is 0. The number of benzene rings is 2. The number of ether oxygens (including phenoxy) is 1. The predicted molar refractivity (Wildman–Crippen MR) is 100 cm³/mol. The van der Waals surface area contributed by atoms with Crippen molar-refractivity contribution in [3.8, 4) is 0 Å². The number of fused-ring (bicyclic) bond motifs is 1. The molecule has 1 aromatic heterocycles. The van der Waals surface area contributed by atoms with Crippen LogP contribution in [0, 0.1) is 0 Å². The lowest BCUT2D eigenvalue weighted by Gasteiger charge is -2.22. The van der Waals surface area contributed by atoms with Crippen molar-refractivity contribution in [2.24, 2.45) is 0 Å². The van der Waals surface area contributed by atoms with Crippen molar-refractivity contribution in [1.82, 2.24) is 15.0 Å². The molecule has 0 radical (unpaired) electrons. The van der Waals surface area contributed by atoms with Gasteiger partial charge in [0.1, 0.15) is 5.52 Å². The smallest absolute Gasteiger partial charge is 0.152 e. The molecular weight excluding hydrogens is 310 g/mol. The lowest BCUT2D eigenvalue weighted by Crippen LogP contribution is -2.19. The quantitative estimate of drug-likeness (QED) is 0.676. The van der Waals surface area contributed by atoms with Crippen molar-refractivity contribution in [3.63, 3.8) is 0 Å². The average Bonchev–Trinajstić information content (AvgIpc) is 3.10. The highest BCUT2D eigenvalue weighted by atomic mass is 16.5. The molecule has 0 amide bonds. The van der Waals surface area contributed by atoms with Crippen LogP contribution >= 0.6 is 0 Å². The van der Waals surface area contributed by atoms with Crippen LogP contribution in [0.3, 0.4) is 0 Å². The van der Waals surface area contributed by atoms with Crippen LogP contribution in [0.1, 0.15) is 50.0 Å². The molecule has 2 aromatic carbocycles. The number of rotatable bonds is 4. The van der Waals surface area contributed by atoms with Crippen LogP contribution in [0.15, 0.2) is 54.6 Å². The molecule has 25 heavy (non-hydrogen) atoms. The van der Waals surface area contributed by atoms with Gasteiger partial charge >= 0.3 is 0 Å². The summed E-state index contributed by atoms with van der Waals surface area (Å²) in [6.07, 6.45) is 6.60. The highest BCUT2D eigenvalue weighted by Gasteiger charge is 2.19. The molecule has 1 atom stereocenters. The summed E-state index contributed by atoms with van der Waals surface area (Å²) in [5, 5.41) is 8.76. The molecule has 0 spiro atoms. The Morgan fingerprint density at radius 2 is 2.04 bits per heavy atom. The molecule has 1 aliphatic heterocycles. The van der Waals surface area contributed by atoms with Gasteiger partial charge < -0.3 is 4.74 Å². The Bertz CT molecular complexity index is 877. The van der Waals surface area contributed by atoms with Crippen molar-refractivity contribution < 1.29 is 4.74 Å². The van der Waals surface area contributed by atoms with E-state index in [0.29, 0.717) is 0 Å². The fourth-order valence-corrected chi connectivity index (χ4v) is 3.46. The average molecular weight is 333 g/mol. The van der Waals surface area contributed by atoms with Crippen LogP contribution in [-0.4, -0.2) is 21.6 Å². The topological polar surface area (TPSA) is 39.9 Å². The second kappa shape index (κ2) is 7.19. The number of aromatic nitrogens is 3. The minimum absolute atomic E-state index is 0.0179. The van der Waals surface area contributed by atoms with E-state index >= 15 is 0 Å². The van der Waals surface area contributed by atoms with Crippen LogP contribution in [0.4, 0.5) is 0 Å². The molecule has 1 saturated heterocycles. The third-order valence-corrected chi connectivity index (χ3v) is 4.70. The Morgan fingerprint density at radius 3 is 2.80 bits per heavy atom. The van der Waals surface area contributed by atoms with Crippen molar-refractivity contribution in [3.05, 3.63) is 65.7 Å². The largest absolute Gasteiger partial charge is 0.356 e. The number of allylic oxidation sites excluding steroid dienone is 1. The zero-order valence-electron chi connectivity index (χ0n) is 14.6. The van der Waals surface area contributed by atoms with Crippen molar-refractivity contribution in [1.29, 1.82) is 0 Å². The van der Waals surface area contributed by atoms with Gasteiger partial charge in [0.05, 0.1) is 5.52 Å². The van der Waals surface area contributed by atoms with Crippen LogP contribution in [0.2, 0.25) is 0 Å². The maximum atomic E-state index is 5.87. The standard InChI is InChI=1S/C21H23N3O/c1-2-8-18(16-9-4-3-5-10-16)17-12-13-20-19(15-17)22-23-24(20)21-11-6-7-14-25-21/h3-5,8-10,12-13,15,21H,2,6-7,11,14H2,1H3. The molecule has 128 valence electrons. The van der Waals surface area contributed by atoms with E-state index in [-0.39, 0.29) is 6.23 Å². The van der Waals surface area contributed by atoms with Gasteiger partial charge in [-0.25, -0.2) is 4.68 Å². The highest BCUT2D eigenvalue weighted by Crippen LogP contribution is 2.29. The van der Waals surface area contributed by atoms with Crippen LogP contribution < -0.4 is 0 Å². The molecule has 0 saturated carbocycles. The SMILES string of the molecule is CCC=C(c1ccccc1)c1ccc2c(c1)nnn2C1CCCCO1. The van der Waals surface area contributed by atoms with Gasteiger partial charge in [0.25, 0.3) is 0 Å². The Balaban J connectivity index is 1.72. The van der Waals surface area contributed by atoms with E-state index in [0.717, 1.165) is 36.9 Å². The summed E-state index contributed by atoms with van der Waals surface area (Å²) >= 11 is 0. The first-order valence-corrected chi connectivity index (χ1v) is 9.09. The third kappa shape index (κ3) is 3.22. The summed E-state index contributed by atoms with van der Waals surface area (Å²) in [5.74, 6) is 0. The lowest BCUT2D eigenvalue weighted by atomic mass is 9.96. The highest BCUT2D eigenvalue weighted by molar-refractivity contribution is 5.86. The Labute approximate surface area is 148 Å². The maximum Gasteiger partial charge on any atom is 0.152 e. The molecule has 4 rings (SSSR count). The number of hydrogen-bond acceptors (Lipinski definition) is 3. The van der Waals surface area contributed by atoms with Gasteiger partial charge in [0, 0.05) is 6.61 Å². The van der Waals surface area contributed by atoms with E-state index in [1.807, 2.05) is 10.7 Å². The summed E-state index contributed by atoms with van der Waals surface area (Å²) < 4.78 is 7.80. The van der Waals surface area contributed by atoms with Crippen molar-refractivity contribution in [2.45, 2.75) is 38.8 Å². The first-order valence-electron chi connectivity index (χ1n) is 9.09. The van der Waals surface area contributed by atoms with Gasteiger partial charge in [-0.1, -0.05) is 54.6 Å². The lowest BCUT2D eigenvalue weighted by molar-refractivity contribution is -0.0377. The molecule has 1 fully saturated rings. The normalized spacial score (nSPS) is 18.6. The minimum atomic E-state index is 0.0179. The first-order chi connectivity index (χ1) is 12.4. The molecule has 3 aromatic rings. The van der Waals surface area contributed by atoms with E-state index in [2.05, 4.69) is 65.8 Å². The summed E-state index contributed by atoms with van der Waals surface area (Å²) in [6.45, 7) is 2.97. The zero-order valence-corrected chi connectivity index (χ0v) is 14.6. The first kappa shape index (κ1) is 16.0. The molecule has 4 heteroatoms. The molecule has 0 bridgehead atoms. The van der Waals surface area contributed by atoms with Gasteiger partial charge in [-0.15, -0.1) is 5.10 Å². The third-order valence-electron chi connectivity index (χ3n) is 4.70. The second-order valence-electron chi connectivity index (χ2n) is 6.45. The van der Waals surface area contributed by atoms with Crippen molar-refractivity contribution in [2.75, 3.05) is 6.61 Å². The van der Waals surface area contributed by atoms with E-state index in [4.69, 9.17) is 4.74 Å². The van der Waals surface area contributed by atoms with Gasteiger partial charge in [0.2, 0.25) is 0 Å². The molecule has 0 aliphatic carbocycles. The van der Waals surface area contributed by atoms with E-state index < -0.39 is 0 Å². The molecule has 4 nitrogen and oxygen atoms in total. The summed E-state index contributed by atoms with van der Waals surface area (Å²) in [5.41, 5.74) is 5.61. The van der Waals surface area contributed by atoms with Crippen LogP contribution in [0.25, 0.3) is 16.6 Å². The van der Waals surface area contributed by atoms with E-state index in [1.54, 1.807) is 0 Å². The molecule has 0 N–H and O–H groups in total. The monoisotopic (exact) mass is 333 g/mol. The van der Waals surface area contributed by atoms with Crippen LogP contribution in [0.5, 0.6) is 0 Å². The van der Waals surface area contributed by atoms with Gasteiger partial charge in [-0.05, 0) is 54.5 Å². The summed E-state index contributed by atoms with van der Waals surface area (Å²) in [6, 6.07) is 16.9. The maximum absolute atomic E-state index is 5.87. The zero-order chi connectivity index (χ0) is 17.1. The molecule has 1 aliphatic rings. The second-order valence-corrected chi connectivity index (χ2v) is 6.45. The Hall–Kier alpha value is -2.46. The van der Waals surface area contributed by atoms with Gasteiger partial charge in [-0.3, -0.25) is 0 Å². The number of hydrogen-bond donors (Lipinski definition) is 0. The molecule has 1 unspecified atom stereocenters.